The smallest absolute Gasteiger partial charge is 0.0954 e. The molecule has 1 atom stereocenters. The van der Waals surface area contributed by atoms with E-state index in [4.69, 9.17) is 4.74 Å². The third kappa shape index (κ3) is 9.63. The minimum absolute atomic E-state index is 0.346. The van der Waals surface area contributed by atoms with Crippen molar-refractivity contribution in [1.82, 2.24) is 0 Å². The largest absolute Gasteiger partial charge is 0.496 e. The highest BCUT2D eigenvalue weighted by molar-refractivity contribution is 4.75. The highest BCUT2D eigenvalue weighted by Crippen LogP contribution is 2.11. The molecule has 84 valence electrons. The first-order valence-electron chi connectivity index (χ1n) is 5.99. The first kappa shape index (κ1) is 13.5. The van der Waals surface area contributed by atoms with Gasteiger partial charge in [0, 0.05) is 0 Å². The van der Waals surface area contributed by atoms with Gasteiger partial charge in [0.1, 0.15) is 0 Å². The van der Waals surface area contributed by atoms with E-state index in [2.05, 4.69) is 20.4 Å². The molecule has 14 heavy (non-hydrogen) atoms. The summed E-state index contributed by atoms with van der Waals surface area (Å²) in [5.41, 5.74) is 0. The van der Waals surface area contributed by atoms with Crippen LogP contribution in [-0.2, 0) is 4.74 Å². The summed E-state index contributed by atoms with van der Waals surface area (Å²) in [5, 5.41) is 0. The van der Waals surface area contributed by atoms with Gasteiger partial charge in [-0.15, -0.1) is 0 Å². The van der Waals surface area contributed by atoms with Crippen molar-refractivity contribution < 1.29 is 4.74 Å². The monoisotopic (exact) mass is 198 g/mol. The molecule has 1 heteroatoms. The molecule has 0 aromatic heterocycles. The predicted octanol–water partition coefficient (Wildman–Crippen LogP) is 4.68. The summed E-state index contributed by atoms with van der Waals surface area (Å²) in [7, 11) is 0. The molecule has 1 nitrogen and oxygen atoms in total. The molecule has 0 radical (unpaired) electrons. The van der Waals surface area contributed by atoms with Crippen molar-refractivity contribution in [3.63, 3.8) is 0 Å². The van der Waals surface area contributed by atoms with Crippen molar-refractivity contribution in [2.24, 2.45) is 0 Å². The number of hydrogen-bond acceptors (Lipinski definition) is 1. The Labute approximate surface area is 89.5 Å². The van der Waals surface area contributed by atoms with Crippen LogP contribution >= 0.6 is 0 Å². The minimum Gasteiger partial charge on any atom is -0.496 e. The molecule has 0 fully saturated rings. The number of rotatable bonds is 9. The van der Waals surface area contributed by atoms with Crippen molar-refractivity contribution in [3.05, 3.63) is 12.3 Å². The Balaban J connectivity index is 3.14. The van der Waals surface area contributed by atoms with Crippen LogP contribution in [0.3, 0.4) is 0 Å². The Morgan fingerprint density at radius 1 is 1.14 bits per heavy atom. The fourth-order valence-electron chi connectivity index (χ4n) is 1.61. The zero-order valence-electron chi connectivity index (χ0n) is 10.1. The van der Waals surface area contributed by atoms with Crippen LogP contribution in [0.25, 0.3) is 0 Å². The molecule has 0 aliphatic carbocycles. The maximum Gasteiger partial charge on any atom is 0.0954 e. The first-order chi connectivity index (χ1) is 6.66. The SMILES string of the molecule is C=C(C)OC(C)CCCCCCCC. The summed E-state index contributed by atoms with van der Waals surface area (Å²) in [6.45, 7) is 10.0. The van der Waals surface area contributed by atoms with Gasteiger partial charge in [-0.05, 0) is 26.7 Å². The Bertz CT molecular complexity index is 140. The van der Waals surface area contributed by atoms with Gasteiger partial charge >= 0.3 is 0 Å². The molecule has 0 rings (SSSR count). The Morgan fingerprint density at radius 3 is 2.29 bits per heavy atom. The standard InChI is InChI=1S/C13H26O/c1-5-6-7-8-9-10-11-13(4)14-12(2)3/h13H,2,5-11H2,1,3-4H3. The lowest BCUT2D eigenvalue weighted by Gasteiger charge is -2.13. The molecule has 0 spiro atoms. The number of ether oxygens (including phenoxy) is 1. The van der Waals surface area contributed by atoms with Gasteiger partial charge in [-0.1, -0.05) is 45.6 Å². The van der Waals surface area contributed by atoms with Crippen LogP contribution in [0.15, 0.2) is 12.3 Å². The Hall–Kier alpha value is -0.460. The predicted molar refractivity (Wildman–Crippen MR) is 63.4 cm³/mol. The maximum atomic E-state index is 5.48. The highest BCUT2D eigenvalue weighted by Gasteiger charge is 2.01. The van der Waals surface area contributed by atoms with Crippen LogP contribution < -0.4 is 0 Å². The topological polar surface area (TPSA) is 9.23 Å². The van der Waals surface area contributed by atoms with Crippen molar-refractivity contribution in [1.29, 1.82) is 0 Å². The molecule has 0 amide bonds. The second-order valence-corrected chi connectivity index (χ2v) is 4.19. The van der Waals surface area contributed by atoms with Gasteiger partial charge in [0.05, 0.1) is 11.9 Å². The molecule has 0 aromatic rings. The summed E-state index contributed by atoms with van der Waals surface area (Å²) in [4.78, 5) is 0. The quantitative estimate of drug-likeness (QED) is 0.386. The maximum absolute atomic E-state index is 5.48. The van der Waals surface area contributed by atoms with E-state index in [1.165, 1.54) is 44.9 Å². The summed E-state index contributed by atoms with van der Waals surface area (Å²) in [6.07, 6.45) is 9.65. The first-order valence-corrected chi connectivity index (χ1v) is 5.99. The van der Waals surface area contributed by atoms with E-state index in [1.54, 1.807) is 0 Å². The molecule has 0 aliphatic rings. The van der Waals surface area contributed by atoms with E-state index in [-0.39, 0.29) is 0 Å². The molecule has 0 heterocycles. The molecule has 0 aromatic carbocycles. The van der Waals surface area contributed by atoms with Crippen LogP contribution in [0.1, 0.15) is 65.7 Å². The second kappa shape index (κ2) is 9.11. The van der Waals surface area contributed by atoms with E-state index in [9.17, 15) is 0 Å². The van der Waals surface area contributed by atoms with Gasteiger partial charge in [0.2, 0.25) is 0 Å². The van der Waals surface area contributed by atoms with Crippen LogP contribution in [0.2, 0.25) is 0 Å². The van der Waals surface area contributed by atoms with Gasteiger partial charge in [-0.25, -0.2) is 0 Å². The van der Waals surface area contributed by atoms with Gasteiger partial charge < -0.3 is 4.74 Å². The molecule has 0 N–H and O–H groups in total. The average molecular weight is 198 g/mol. The summed E-state index contributed by atoms with van der Waals surface area (Å²) in [5.74, 6) is 0.837. The third-order valence-corrected chi connectivity index (χ3v) is 2.37. The normalized spacial score (nSPS) is 12.5. The van der Waals surface area contributed by atoms with Crippen molar-refractivity contribution in [2.45, 2.75) is 71.8 Å². The lowest BCUT2D eigenvalue weighted by atomic mass is 10.1. The van der Waals surface area contributed by atoms with E-state index in [1.807, 2.05) is 6.92 Å². The average Bonchev–Trinajstić information content (AvgIpc) is 2.10. The molecule has 0 saturated carbocycles. The molecule has 1 unspecified atom stereocenters. The Morgan fingerprint density at radius 2 is 1.71 bits per heavy atom. The van der Waals surface area contributed by atoms with Crippen LogP contribution in [-0.4, -0.2) is 6.10 Å². The van der Waals surface area contributed by atoms with E-state index in [0.717, 1.165) is 5.76 Å². The second-order valence-electron chi connectivity index (χ2n) is 4.19. The van der Waals surface area contributed by atoms with Gasteiger partial charge in [-0.3, -0.25) is 0 Å². The summed E-state index contributed by atoms with van der Waals surface area (Å²) >= 11 is 0. The fourth-order valence-corrected chi connectivity index (χ4v) is 1.61. The molecular formula is C13H26O. The lowest BCUT2D eigenvalue weighted by Crippen LogP contribution is -2.05. The van der Waals surface area contributed by atoms with Crippen molar-refractivity contribution in [3.8, 4) is 0 Å². The minimum atomic E-state index is 0.346. The zero-order chi connectivity index (χ0) is 10.8. The molecule has 0 saturated heterocycles. The van der Waals surface area contributed by atoms with E-state index >= 15 is 0 Å². The van der Waals surface area contributed by atoms with E-state index < -0.39 is 0 Å². The van der Waals surface area contributed by atoms with Crippen LogP contribution in [0.4, 0.5) is 0 Å². The fraction of sp³-hybridized carbons (Fsp3) is 0.846. The molecule has 0 bridgehead atoms. The Kier molecular flexibility index (Phi) is 8.81. The summed E-state index contributed by atoms with van der Waals surface area (Å²) in [6, 6.07) is 0. The van der Waals surface area contributed by atoms with E-state index in [0.29, 0.717) is 6.10 Å². The van der Waals surface area contributed by atoms with Gasteiger partial charge in [0.15, 0.2) is 0 Å². The van der Waals surface area contributed by atoms with Gasteiger partial charge in [-0.2, -0.15) is 0 Å². The lowest BCUT2D eigenvalue weighted by molar-refractivity contribution is 0.123. The number of allylic oxidation sites excluding steroid dienone is 1. The molecular weight excluding hydrogens is 172 g/mol. The van der Waals surface area contributed by atoms with Crippen molar-refractivity contribution >= 4 is 0 Å². The van der Waals surface area contributed by atoms with Crippen LogP contribution in [0.5, 0.6) is 0 Å². The molecule has 0 aliphatic heterocycles. The summed E-state index contributed by atoms with van der Waals surface area (Å²) < 4.78 is 5.48. The van der Waals surface area contributed by atoms with Crippen molar-refractivity contribution in [2.75, 3.05) is 0 Å². The van der Waals surface area contributed by atoms with Crippen LogP contribution in [0, 0.1) is 0 Å². The highest BCUT2D eigenvalue weighted by atomic mass is 16.5. The van der Waals surface area contributed by atoms with Gasteiger partial charge in [0.25, 0.3) is 0 Å². The third-order valence-electron chi connectivity index (χ3n) is 2.37. The number of unbranched alkanes of at least 4 members (excludes halogenated alkanes) is 5. The number of hydrogen-bond donors (Lipinski definition) is 0. The zero-order valence-corrected chi connectivity index (χ0v) is 10.1.